The first-order chi connectivity index (χ1) is 17.8. The van der Waals surface area contributed by atoms with E-state index < -0.39 is 16.1 Å². The van der Waals surface area contributed by atoms with Crippen molar-refractivity contribution >= 4 is 65.6 Å². The lowest BCUT2D eigenvalue weighted by Crippen LogP contribution is -2.47. The number of thiazole rings is 1. The van der Waals surface area contributed by atoms with Crippen LogP contribution in [-0.2, 0) is 21.4 Å². The first-order valence-electron chi connectivity index (χ1n) is 11.3. The number of hydrogen-bond acceptors (Lipinski definition) is 9. The second kappa shape index (κ2) is 10.5. The molecule has 0 aliphatic carbocycles. The van der Waals surface area contributed by atoms with Gasteiger partial charge in [0.1, 0.15) is 32.0 Å². The summed E-state index contributed by atoms with van der Waals surface area (Å²) in [6.45, 7) is 0.419. The summed E-state index contributed by atoms with van der Waals surface area (Å²) in [5, 5.41) is 0.412. The van der Waals surface area contributed by atoms with Gasteiger partial charge in [0.25, 0.3) is 10.0 Å². The fourth-order valence-electron chi connectivity index (χ4n) is 4.31. The molecule has 9 nitrogen and oxygen atoms in total. The molecule has 1 unspecified atom stereocenters. The fourth-order valence-corrected chi connectivity index (χ4v) is 8.65. The largest absolute Gasteiger partial charge is 0.495 e. The number of nitrogens with zero attached hydrogens (tertiary/aromatic N) is 4. The normalized spacial score (nSPS) is 16.2. The number of methoxy groups -OCH3 is 2. The Morgan fingerprint density at radius 1 is 1.16 bits per heavy atom. The van der Waals surface area contributed by atoms with Crippen LogP contribution >= 0.6 is 34.3 Å². The molecule has 0 spiro atoms. The summed E-state index contributed by atoms with van der Waals surface area (Å²) >= 11 is 8.27. The minimum atomic E-state index is -3.90. The van der Waals surface area contributed by atoms with E-state index in [9.17, 15) is 13.2 Å². The van der Waals surface area contributed by atoms with Gasteiger partial charge in [0.2, 0.25) is 5.91 Å². The summed E-state index contributed by atoms with van der Waals surface area (Å²) in [6.07, 6.45) is 4.29. The molecule has 5 rings (SSSR count). The van der Waals surface area contributed by atoms with Gasteiger partial charge in [-0.1, -0.05) is 29.0 Å². The SMILES string of the molecule is COc1ccc(OC)c2sc(N(Cc3cccnc3)C(=O)C3CCCN3S(=O)(=O)c3ccc(Cl)s3)nc12. The molecule has 194 valence electrons. The Labute approximate surface area is 227 Å². The van der Waals surface area contributed by atoms with Gasteiger partial charge in [0, 0.05) is 18.9 Å². The molecule has 4 heterocycles. The highest BCUT2D eigenvalue weighted by molar-refractivity contribution is 7.91. The van der Waals surface area contributed by atoms with Crippen LogP contribution in [0.25, 0.3) is 10.2 Å². The predicted octanol–water partition coefficient (Wildman–Crippen LogP) is 4.81. The number of aromatic nitrogens is 2. The zero-order valence-corrected chi connectivity index (χ0v) is 23.2. The van der Waals surface area contributed by atoms with Crippen LogP contribution in [0.3, 0.4) is 0 Å². The van der Waals surface area contributed by atoms with Crippen molar-refractivity contribution in [1.82, 2.24) is 14.3 Å². The molecular formula is C24H23ClN4O5S3. The molecule has 0 bridgehead atoms. The van der Waals surface area contributed by atoms with Gasteiger partial charge in [-0.15, -0.1) is 11.3 Å². The van der Waals surface area contributed by atoms with Crippen LogP contribution < -0.4 is 14.4 Å². The van der Waals surface area contributed by atoms with Crippen LogP contribution in [0.2, 0.25) is 4.34 Å². The number of ether oxygens (including phenoxy) is 2. The van der Waals surface area contributed by atoms with Crippen molar-refractivity contribution in [3.63, 3.8) is 0 Å². The fraction of sp³-hybridized carbons (Fsp3) is 0.292. The van der Waals surface area contributed by atoms with Crippen molar-refractivity contribution in [2.45, 2.75) is 29.6 Å². The first-order valence-corrected chi connectivity index (χ1v) is 14.8. The molecule has 3 aromatic heterocycles. The lowest BCUT2D eigenvalue weighted by Gasteiger charge is -2.28. The molecule has 1 saturated heterocycles. The van der Waals surface area contributed by atoms with Crippen molar-refractivity contribution in [2.24, 2.45) is 0 Å². The molecule has 1 atom stereocenters. The summed E-state index contributed by atoms with van der Waals surface area (Å²) < 4.78 is 40.4. The maximum atomic E-state index is 14.1. The summed E-state index contributed by atoms with van der Waals surface area (Å²) in [6, 6.07) is 9.33. The van der Waals surface area contributed by atoms with Gasteiger partial charge < -0.3 is 9.47 Å². The molecule has 1 fully saturated rings. The number of pyridine rings is 1. The van der Waals surface area contributed by atoms with E-state index in [4.69, 9.17) is 26.1 Å². The van der Waals surface area contributed by atoms with Crippen LogP contribution in [0.4, 0.5) is 5.13 Å². The van der Waals surface area contributed by atoms with Crippen LogP contribution in [0, 0.1) is 0 Å². The minimum absolute atomic E-state index is 0.116. The topological polar surface area (TPSA) is 102 Å². The van der Waals surface area contributed by atoms with Crippen molar-refractivity contribution < 1.29 is 22.7 Å². The quantitative estimate of drug-likeness (QED) is 0.296. The Kier molecular flexibility index (Phi) is 7.37. The standard InChI is InChI=1S/C24H23ClN4O5S3/c1-33-17-7-8-18(34-2)22-21(17)27-24(36-22)28(14-15-5-3-11-26-13-15)23(30)16-6-4-12-29(16)37(31,32)20-10-9-19(25)35-20/h3,5,7-11,13,16H,4,6,12,14H2,1-2H3. The molecule has 37 heavy (non-hydrogen) atoms. The van der Waals surface area contributed by atoms with Crippen LogP contribution in [0.5, 0.6) is 11.5 Å². The van der Waals surface area contributed by atoms with Crippen molar-refractivity contribution in [2.75, 3.05) is 25.7 Å². The molecular weight excluding hydrogens is 556 g/mol. The number of rotatable bonds is 8. The smallest absolute Gasteiger partial charge is 0.253 e. The molecule has 1 aromatic carbocycles. The summed E-state index contributed by atoms with van der Waals surface area (Å²) in [5.74, 6) is 0.796. The molecule has 0 N–H and O–H groups in total. The average Bonchev–Trinajstić information content (AvgIpc) is 3.66. The van der Waals surface area contributed by atoms with Crippen molar-refractivity contribution in [3.05, 3.63) is 58.7 Å². The number of carbonyl (C=O) groups is 1. The number of halogens is 1. The Morgan fingerprint density at radius 2 is 1.95 bits per heavy atom. The van der Waals surface area contributed by atoms with Crippen molar-refractivity contribution in [1.29, 1.82) is 0 Å². The number of hydrogen-bond donors (Lipinski definition) is 0. The maximum Gasteiger partial charge on any atom is 0.253 e. The van der Waals surface area contributed by atoms with Crippen LogP contribution in [-0.4, -0.2) is 55.4 Å². The monoisotopic (exact) mass is 578 g/mol. The van der Waals surface area contributed by atoms with Gasteiger partial charge in [0.05, 0.1) is 25.1 Å². The Hall–Kier alpha value is -2.77. The zero-order valence-electron chi connectivity index (χ0n) is 20.0. The number of anilines is 1. The average molecular weight is 579 g/mol. The third kappa shape index (κ3) is 4.91. The highest BCUT2D eigenvalue weighted by Gasteiger charge is 2.42. The highest BCUT2D eigenvalue weighted by atomic mass is 35.5. The van der Waals surface area contributed by atoms with Crippen LogP contribution in [0.1, 0.15) is 18.4 Å². The molecule has 1 amide bonds. The lowest BCUT2D eigenvalue weighted by atomic mass is 10.2. The van der Waals surface area contributed by atoms with Gasteiger partial charge in [-0.05, 0) is 48.7 Å². The molecule has 0 radical (unpaired) electrons. The van der Waals surface area contributed by atoms with E-state index in [0.29, 0.717) is 39.3 Å². The predicted molar refractivity (Wildman–Crippen MR) is 144 cm³/mol. The number of benzene rings is 1. The Bertz CT molecular complexity index is 1500. The second-order valence-corrected chi connectivity index (χ2v) is 13.1. The molecule has 1 aliphatic rings. The zero-order chi connectivity index (χ0) is 26.2. The molecule has 1 aliphatic heterocycles. The van der Waals surface area contributed by atoms with E-state index in [2.05, 4.69) is 4.98 Å². The maximum absolute atomic E-state index is 14.1. The third-order valence-electron chi connectivity index (χ3n) is 6.06. The van der Waals surface area contributed by atoms with Gasteiger partial charge in [-0.25, -0.2) is 13.4 Å². The highest BCUT2D eigenvalue weighted by Crippen LogP contribution is 2.41. The van der Waals surface area contributed by atoms with Gasteiger partial charge >= 0.3 is 0 Å². The van der Waals surface area contributed by atoms with Gasteiger partial charge in [-0.3, -0.25) is 14.7 Å². The van der Waals surface area contributed by atoms with E-state index in [1.807, 2.05) is 6.07 Å². The number of sulfonamides is 1. The van der Waals surface area contributed by atoms with E-state index >= 15 is 0 Å². The minimum Gasteiger partial charge on any atom is -0.495 e. The number of fused-ring (bicyclic) bond motifs is 1. The number of thiophene rings is 1. The van der Waals surface area contributed by atoms with E-state index in [1.165, 1.54) is 26.6 Å². The Morgan fingerprint density at radius 3 is 2.62 bits per heavy atom. The summed E-state index contributed by atoms with van der Waals surface area (Å²) in [5.41, 5.74) is 1.35. The van der Waals surface area contributed by atoms with E-state index in [-0.39, 0.29) is 23.2 Å². The summed E-state index contributed by atoms with van der Waals surface area (Å²) in [4.78, 5) is 24.6. The van der Waals surface area contributed by atoms with Gasteiger partial charge in [0.15, 0.2) is 5.13 Å². The second-order valence-electron chi connectivity index (χ2n) is 8.26. The molecule has 13 heteroatoms. The van der Waals surface area contributed by atoms with E-state index in [1.54, 1.807) is 50.9 Å². The third-order valence-corrected chi connectivity index (χ3v) is 10.8. The number of carbonyl (C=O) groups excluding carboxylic acids is 1. The van der Waals surface area contributed by atoms with E-state index in [0.717, 1.165) is 21.6 Å². The summed E-state index contributed by atoms with van der Waals surface area (Å²) in [7, 11) is -0.777. The van der Waals surface area contributed by atoms with Gasteiger partial charge in [-0.2, -0.15) is 4.31 Å². The lowest BCUT2D eigenvalue weighted by molar-refractivity contribution is -0.121. The first kappa shape index (κ1) is 25.9. The van der Waals surface area contributed by atoms with Crippen molar-refractivity contribution in [3.8, 4) is 11.5 Å². The van der Waals surface area contributed by atoms with Crippen LogP contribution in [0.15, 0.2) is 53.0 Å². The molecule has 4 aromatic rings. The Balaban J connectivity index is 1.57. The molecule has 0 saturated carbocycles. The number of amides is 1.